The summed E-state index contributed by atoms with van der Waals surface area (Å²) in [5.41, 5.74) is 0.853. The molecule has 2 aromatic rings. The van der Waals surface area contributed by atoms with E-state index in [4.69, 9.17) is 0 Å². The minimum Gasteiger partial charge on any atom is -0.355 e. The molecular weight excluding hydrogens is 314 g/mol. The first-order valence-electron chi connectivity index (χ1n) is 9.27. The van der Waals surface area contributed by atoms with Crippen LogP contribution >= 0.6 is 0 Å². The fourth-order valence-corrected chi connectivity index (χ4v) is 3.83. The van der Waals surface area contributed by atoms with Crippen LogP contribution < -0.4 is 4.90 Å². The Kier molecular flexibility index (Phi) is 4.16. The number of hydrogen-bond donors (Lipinski definition) is 0. The molecule has 0 saturated carbocycles. The topological polar surface area (TPSA) is 53.3 Å². The molecule has 25 heavy (non-hydrogen) atoms. The van der Waals surface area contributed by atoms with Crippen LogP contribution in [0.3, 0.4) is 0 Å². The largest absolute Gasteiger partial charge is 0.355 e. The first-order chi connectivity index (χ1) is 11.9. The molecule has 7 heteroatoms. The molecule has 0 atom stereocenters. The summed E-state index contributed by atoms with van der Waals surface area (Å²) in [6.07, 6.45) is 3.60. The van der Waals surface area contributed by atoms with Gasteiger partial charge in [0, 0.05) is 51.7 Å². The van der Waals surface area contributed by atoms with Gasteiger partial charge in [0.05, 0.1) is 17.1 Å². The van der Waals surface area contributed by atoms with Gasteiger partial charge in [0.2, 0.25) is 0 Å². The average Bonchev–Trinajstić information content (AvgIpc) is 2.97. The van der Waals surface area contributed by atoms with Gasteiger partial charge in [-0.2, -0.15) is 5.10 Å². The Labute approximate surface area is 149 Å². The number of aromatic nitrogens is 4. The fourth-order valence-electron chi connectivity index (χ4n) is 3.83. The second-order valence-corrected chi connectivity index (χ2v) is 8.54. The predicted octanol–water partition coefficient (Wildman–Crippen LogP) is 1.26. The Balaban J connectivity index is 1.43. The quantitative estimate of drug-likeness (QED) is 0.836. The zero-order chi connectivity index (χ0) is 17.6. The number of likely N-dealkylation sites (N-methyl/N-ethyl adjacent to an activating group) is 1. The van der Waals surface area contributed by atoms with Gasteiger partial charge in [-0.3, -0.25) is 0 Å². The molecule has 0 aromatic carbocycles. The molecule has 7 nitrogen and oxygen atoms in total. The normalized spacial score (nSPS) is 21.0. The first-order valence-corrected chi connectivity index (χ1v) is 9.27. The van der Waals surface area contributed by atoms with Gasteiger partial charge in [-0.1, -0.05) is 0 Å². The molecule has 2 fully saturated rings. The lowest BCUT2D eigenvalue weighted by Gasteiger charge is -2.44. The lowest BCUT2D eigenvalue weighted by molar-refractivity contribution is 0.128. The van der Waals surface area contributed by atoms with Gasteiger partial charge >= 0.3 is 0 Å². The lowest BCUT2D eigenvalue weighted by Crippen LogP contribution is -2.54. The van der Waals surface area contributed by atoms with Crippen LogP contribution in [-0.2, 0) is 5.54 Å². The highest BCUT2D eigenvalue weighted by Crippen LogP contribution is 2.30. The molecule has 2 saturated heterocycles. The molecule has 0 bridgehead atoms. The zero-order valence-corrected chi connectivity index (χ0v) is 15.8. The number of piperazine rings is 1. The van der Waals surface area contributed by atoms with Crippen molar-refractivity contribution in [2.75, 3.05) is 57.8 Å². The van der Waals surface area contributed by atoms with E-state index in [1.807, 2.05) is 10.9 Å². The van der Waals surface area contributed by atoms with Crippen LogP contribution in [0.5, 0.6) is 0 Å². The summed E-state index contributed by atoms with van der Waals surface area (Å²) in [5, 5.41) is 5.63. The van der Waals surface area contributed by atoms with E-state index >= 15 is 0 Å². The van der Waals surface area contributed by atoms with Crippen molar-refractivity contribution in [3.05, 3.63) is 12.5 Å². The molecule has 136 valence electrons. The summed E-state index contributed by atoms with van der Waals surface area (Å²) >= 11 is 0. The number of nitrogens with zero attached hydrogens (tertiary/aromatic N) is 7. The average molecular weight is 343 g/mol. The third-order valence-electron chi connectivity index (χ3n) is 5.35. The van der Waals surface area contributed by atoms with Gasteiger partial charge < -0.3 is 14.7 Å². The number of fused-ring (bicyclic) bond motifs is 1. The Bertz CT molecular complexity index is 733. The SMILES string of the molecule is CN1CCN(CC2CN(c3ncnc4c3cnn4C(C)(C)C)C2)CC1. The molecule has 0 unspecified atom stereocenters. The summed E-state index contributed by atoms with van der Waals surface area (Å²) in [5.74, 6) is 1.78. The summed E-state index contributed by atoms with van der Waals surface area (Å²) in [6, 6.07) is 0. The standard InChI is InChI=1S/C18H29N7/c1-18(2,3)25-17-15(9-21-25)16(19-13-20-17)24-11-14(12-24)10-23-7-5-22(4)6-8-23/h9,13-14H,5-8,10-12H2,1-4H3. The van der Waals surface area contributed by atoms with Gasteiger partial charge in [-0.15, -0.1) is 0 Å². The van der Waals surface area contributed by atoms with Crippen LogP contribution in [0, 0.1) is 5.92 Å². The fraction of sp³-hybridized carbons (Fsp3) is 0.722. The van der Waals surface area contributed by atoms with E-state index in [0.29, 0.717) is 0 Å². The monoisotopic (exact) mass is 343 g/mol. The molecule has 2 aliphatic heterocycles. The first kappa shape index (κ1) is 16.7. The van der Waals surface area contributed by atoms with Gasteiger partial charge in [0.25, 0.3) is 0 Å². The molecule has 2 aliphatic rings. The maximum absolute atomic E-state index is 4.56. The highest BCUT2D eigenvalue weighted by Gasteiger charge is 2.32. The molecular formula is C18H29N7. The predicted molar refractivity (Wildman–Crippen MR) is 100.0 cm³/mol. The molecule has 2 aromatic heterocycles. The zero-order valence-electron chi connectivity index (χ0n) is 15.8. The third kappa shape index (κ3) is 3.22. The summed E-state index contributed by atoms with van der Waals surface area (Å²) in [7, 11) is 2.21. The highest BCUT2D eigenvalue weighted by molar-refractivity contribution is 5.87. The maximum atomic E-state index is 4.56. The second-order valence-electron chi connectivity index (χ2n) is 8.54. The van der Waals surface area contributed by atoms with Crippen molar-refractivity contribution in [1.82, 2.24) is 29.5 Å². The van der Waals surface area contributed by atoms with E-state index in [0.717, 1.165) is 35.9 Å². The van der Waals surface area contributed by atoms with E-state index in [-0.39, 0.29) is 5.54 Å². The van der Waals surface area contributed by atoms with E-state index in [2.05, 4.69) is 57.6 Å². The molecule has 0 amide bonds. The van der Waals surface area contributed by atoms with Crippen LogP contribution in [-0.4, -0.2) is 82.4 Å². The van der Waals surface area contributed by atoms with Crippen molar-refractivity contribution < 1.29 is 0 Å². The van der Waals surface area contributed by atoms with E-state index in [1.165, 1.54) is 32.7 Å². The Morgan fingerprint density at radius 3 is 2.48 bits per heavy atom. The van der Waals surface area contributed by atoms with Crippen LogP contribution in [0.1, 0.15) is 20.8 Å². The smallest absolute Gasteiger partial charge is 0.163 e. The van der Waals surface area contributed by atoms with Crippen molar-refractivity contribution in [1.29, 1.82) is 0 Å². The number of hydrogen-bond acceptors (Lipinski definition) is 6. The molecule has 4 heterocycles. The summed E-state index contributed by atoms with van der Waals surface area (Å²) < 4.78 is 2.00. The van der Waals surface area contributed by atoms with Crippen molar-refractivity contribution >= 4 is 16.9 Å². The van der Waals surface area contributed by atoms with E-state index < -0.39 is 0 Å². The third-order valence-corrected chi connectivity index (χ3v) is 5.35. The van der Waals surface area contributed by atoms with Crippen molar-refractivity contribution in [2.24, 2.45) is 5.92 Å². The van der Waals surface area contributed by atoms with Gasteiger partial charge in [-0.05, 0) is 27.8 Å². The molecule has 0 spiro atoms. The van der Waals surface area contributed by atoms with E-state index in [9.17, 15) is 0 Å². The van der Waals surface area contributed by atoms with Crippen molar-refractivity contribution in [3.63, 3.8) is 0 Å². The molecule has 0 radical (unpaired) electrons. The van der Waals surface area contributed by atoms with Crippen molar-refractivity contribution in [2.45, 2.75) is 26.3 Å². The lowest BCUT2D eigenvalue weighted by atomic mass is 9.98. The Morgan fingerprint density at radius 1 is 1.08 bits per heavy atom. The Morgan fingerprint density at radius 2 is 1.80 bits per heavy atom. The maximum Gasteiger partial charge on any atom is 0.163 e. The van der Waals surface area contributed by atoms with Crippen LogP contribution in [0.25, 0.3) is 11.0 Å². The van der Waals surface area contributed by atoms with Crippen LogP contribution in [0.15, 0.2) is 12.5 Å². The number of rotatable bonds is 3. The summed E-state index contributed by atoms with van der Waals surface area (Å²) in [6.45, 7) is 14.6. The van der Waals surface area contributed by atoms with Crippen LogP contribution in [0.4, 0.5) is 5.82 Å². The van der Waals surface area contributed by atoms with Gasteiger partial charge in [0.1, 0.15) is 12.1 Å². The van der Waals surface area contributed by atoms with Crippen molar-refractivity contribution in [3.8, 4) is 0 Å². The molecule has 4 rings (SSSR count). The Hall–Kier alpha value is -1.73. The van der Waals surface area contributed by atoms with Gasteiger partial charge in [-0.25, -0.2) is 14.6 Å². The minimum atomic E-state index is -0.0771. The minimum absolute atomic E-state index is 0.0771. The van der Waals surface area contributed by atoms with Gasteiger partial charge in [0.15, 0.2) is 5.65 Å². The van der Waals surface area contributed by atoms with E-state index in [1.54, 1.807) is 6.33 Å². The van der Waals surface area contributed by atoms with Crippen LogP contribution in [0.2, 0.25) is 0 Å². The second kappa shape index (κ2) is 6.21. The summed E-state index contributed by atoms with van der Waals surface area (Å²) in [4.78, 5) is 16.4. The highest BCUT2D eigenvalue weighted by atomic mass is 15.3. The number of anilines is 1. The molecule has 0 N–H and O–H groups in total. The molecule has 0 aliphatic carbocycles.